The van der Waals surface area contributed by atoms with Gasteiger partial charge in [-0.05, 0) is 19.4 Å². The summed E-state index contributed by atoms with van der Waals surface area (Å²) in [5.41, 5.74) is -0.405. The molecule has 0 aliphatic carbocycles. The molecule has 0 radical (unpaired) electrons. The summed E-state index contributed by atoms with van der Waals surface area (Å²) in [5.74, 6) is 0. The van der Waals surface area contributed by atoms with Gasteiger partial charge in [-0.1, -0.05) is 6.08 Å². The van der Waals surface area contributed by atoms with Gasteiger partial charge < -0.3 is 10.0 Å². The number of rotatable bonds is 7. The first kappa shape index (κ1) is 16.6. The van der Waals surface area contributed by atoms with Gasteiger partial charge in [0.05, 0.1) is 16.0 Å². The minimum Gasteiger partial charge on any atom is -0.392 e. The van der Waals surface area contributed by atoms with Crippen molar-refractivity contribution in [3.05, 3.63) is 50.6 Å². The lowest BCUT2D eigenvalue weighted by atomic mass is 10.1. The highest BCUT2D eigenvalue weighted by atomic mass is 16.6. The normalized spacial score (nSPS) is 11.8. The zero-order chi connectivity index (χ0) is 16.2. The van der Waals surface area contributed by atoms with Crippen molar-refractivity contribution in [3.63, 3.8) is 0 Å². The molecule has 8 heteroatoms. The van der Waals surface area contributed by atoms with Gasteiger partial charge in [0.15, 0.2) is 5.69 Å². The van der Waals surface area contributed by atoms with Crippen LogP contribution >= 0.6 is 0 Å². The van der Waals surface area contributed by atoms with E-state index in [1.165, 1.54) is 30.0 Å². The Labute approximate surface area is 121 Å². The molecule has 1 atom stereocenters. The van der Waals surface area contributed by atoms with E-state index in [1.807, 2.05) is 0 Å². The minimum absolute atomic E-state index is 0.0246. The second-order valence-corrected chi connectivity index (χ2v) is 4.71. The third-order valence-corrected chi connectivity index (χ3v) is 2.76. The molecular formula is C13H17N3O5. The van der Waals surface area contributed by atoms with Crippen LogP contribution in [-0.2, 0) is 0 Å². The predicted octanol–water partition coefficient (Wildman–Crippen LogP) is 2.18. The molecule has 0 aromatic heterocycles. The zero-order valence-electron chi connectivity index (χ0n) is 11.9. The average molecular weight is 295 g/mol. The number of hydrogen-bond donors (Lipinski definition) is 1. The first-order valence-electron chi connectivity index (χ1n) is 6.25. The topological polar surface area (TPSA) is 110 Å². The Morgan fingerprint density at radius 2 is 1.81 bits per heavy atom. The Bertz CT molecular complexity index is 536. The van der Waals surface area contributed by atoms with Crippen molar-refractivity contribution < 1.29 is 15.0 Å². The molecule has 8 nitrogen and oxygen atoms in total. The molecule has 0 amide bonds. The Balaban J connectivity index is 3.56. The summed E-state index contributed by atoms with van der Waals surface area (Å²) >= 11 is 0. The van der Waals surface area contributed by atoms with E-state index in [-0.39, 0.29) is 30.2 Å². The summed E-state index contributed by atoms with van der Waals surface area (Å²) in [4.78, 5) is 22.5. The van der Waals surface area contributed by atoms with Crippen molar-refractivity contribution in [3.8, 4) is 0 Å². The molecule has 1 aromatic carbocycles. The van der Waals surface area contributed by atoms with E-state index in [2.05, 4.69) is 6.58 Å². The van der Waals surface area contributed by atoms with Gasteiger partial charge in [-0.2, -0.15) is 0 Å². The number of benzene rings is 1. The second-order valence-electron chi connectivity index (χ2n) is 4.71. The van der Waals surface area contributed by atoms with E-state index in [1.54, 1.807) is 6.92 Å². The van der Waals surface area contributed by atoms with Crippen molar-refractivity contribution in [2.45, 2.75) is 20.0 Å². The summed E-state index contributed by atoms with van der Waals surface area (Å²) in [7, 11) is 0. The lowest BCUT2D eigenvalue weighted by Crippen LogP contribution is -2.32. The fraction of sp³-hybridized carbons (Fsp3) is 0.385. The van der Waals surface area contributed by atoms with Crippen molar-refractivity contribution in [1.29, 1.82) is 0 Å². The molecule has 0 heterocycles. The summed E-state index contributed by atoms with van der Waals surface area (Å²) in [6, 6.07) is 2.56. The molecule has 0 aliphatic rings. The molecule has 1 aromatic rings. The number of nitro groups is 2. The minimum atomic E-state index is -0.800. The maximum atomic E-state index is 11.2. The standard InChI is InChI=1S/C13H17N3O5/c1-4-5-14(8-10(3)17)13-11(15(18)19)6-9(2)7-12(13)16(20)21/h4,6-7,10,17H,1,5,8H2,2-3H3. The summed E-state index contributed by atoms with van der Waals surface area (Å²) in [6.07, 6.45) is 0.667. The van der Waals surface area contributed by atoms with Crippen LogP contribution in [0.25, 0.3) is 0 Å². The van der Waals surface area contributed by atoms with Gasteiger partial charge in [0.1, 0.15) is 0 Å². The van der Waals surface area contributed by atoms with Crippen LogP contribution in [0.3, 0.4) is 0 Å². The Kier molecular flexibility index (Phi) is 5.37. The van der Waals surface area contributed by atoms with Crippen molar-refractivity contribution in [2.24, 2.45) is 0 Å². The molecule has 1 N–H and O–H groups in total. The van der Waals surface area contributed by atoms with Crippen LogP contribution < -0.4 is 4.90 Å². The fourth-order valence-electron chi connectivity index (χ4n) is 2.08. The molecule has 1 unspecified atom stereocenters. The highest BCUT2D eigenvalue weighted by Gasteiger charge is 2.30. The highest BCUT2D eigenvalue weighted by Crippen LogP contribution is 2.38. The third kappa shape index (κ3) is 3.99. The summed E-state index contributed by atoms with van der Waals surface area (Å²) in [5, 5.41) is 31.9. The number of aryl methyl sites for hydroxylation is 1. The second kappa shape index (κ2) is 6.80. The van der Waals surface area contributed by atoms with E-state index in [0.29, 0.717) is 5.56 Å². The van der Waals surface area contributed by atoms with Crippen LogP contribution in [0.2, 0.25) is 0 Å². The largest absolute Gasteiger partial charge is 0.392 e. The van der Waals surface area contributed by atoms with Gasteiger partial charge in [-0.15, -0.1) is 6.58 Å². The number of aliphatic hydroxyl groups excluding tert-OH is 1. The van der Waals surface area contributed by atoms with Crippen molar-refractivity contribution in [2.75, 3.05) is 18.0 Å². The molecule has 0 saturated carbocycles. The Hall–Kier alpha value is -2.48. The number of anilines is 1. The van der Waals surface area contributed by atoms with Crippen LogP contribution in [-0.4, -0.2) is 34.1 Å². The Morgan fingerprint density at radius 1 is 1.33 bits per heavy atom. The van der Waals surface area contributed by atoms with E-state index in [4.69, 9.17) is 0 Å². The van der Waals surface area contributed by atoms with Gasteiger partial charge in [0.25, 0.3) is 11.4 Å². The summed E-state index contributed by atoms with van der Waals surface area (Å²) < 4.78 is 0. The number of nitrogens with zero attached hydrogens (tertiary/aromatic N) is 3. The summed E-state index contributed by atoms with van der Waals surface area (Å²) in [6.45, 7) is 6.76. The van der Waals surface area contributed by atoms with E-state index in [9.17, 15) is 25.3 Å². The lowest BCUT2D eigenvalue weighted by Gasteiger charge is -2.24. The molecule has 0 bridgehead atoms. The first-order chi connectivity index (χ1) is 9.77. The third-order valence-electron chi connectivity index (χ3n) is 2.76. The lowest BCUT2D eigenvalue weighted by molar-refractivity contribution is -0.392. The first-order valence-corrected chi connectivity index (χ1v) is 6.25. The van der Waals surface area contributed by atoms with Crippen molar-refractivity contribution >= 4 is 17.1 Å². The van der Waals surface area contributed by atoms with E-state index in [0.717, 1.165) is 0 Å². The fourth-order valence-corrected chi connectivity index (χ4v) is 2.08. The Morgan fingerprint density at radius 3 is 2.14 bits per heavy atom. The smallest absolute Gasteiger partial charge is 0.299 e. The van der Waals surface area contributed by atoms with Gasteiger partial charge in [0.2, 0.25) is 0 Å². The molecule has 114 valence electrons. The molecular weight excluding hydrogens is 278 g/mol. The average Bonchev–Trinajstić information content (AvgIpc) is 2.36. The van der Waals surface area contributed by atoms with Crippen molar-refractivity contribution in [1.82, 2.24) is 0 Å². The van der Waals surface area contributed by atoms with Gasteiger partial charge >= 0.3 is 0 Å². The van der Waals surface area contributed by atoms with Crippen LogP contribution in [0, 0.1) is 27.2 Å². The van der Waals surface area contributed by atoms with Gasteiger partial charge in [-0.25, -0.2) is 0 Å². The monoisotopic (exact) mass is 295 g/mol. The van der Waals surface area contributed by atoms with Crippen LogP contribution in [0.15, 0.2) is 24.8 Å². The number of nitro benzene ring substituents is 2. The van der Waals surface area contributed by atoms with E-state index < -0.39 is 16.0 Å². The van der Waals surface area contributed by atoms with Gasteiger partial charge in [0, 0.05) is 25.2 Å². The molecule has 0 fully saturated rings. The molecule has 0 saturated heterocycles. The quantitative estimate of drug-likeness (QED) is 0.469. The van der Waals surface area contributed by atoms with Crippen LogP contribution in [0.4, 0.5) is 17.1 Å². The molecule has 21 heavy (non-hydrogen) atoms. The molecule has 1 rings (SSSR count). The molecule has 0 aliphatic heterocycles. The van der Waals surface area contributed by atoms with Crippen LogP contribution in [0.1, 0.15) is 12.5 Å². The predicted molar refractivity (Wildman–Crippen MR) is 78.6 cm³/mol. The van der Waals surface area contributed by atoms with Crippen LogP contribution in [0.5, 0.6) is 0 Å². The number of aliphatic hydroxyl groups is 1. The maximum Gasteiger partial charge on any atom is 0.299 e. The zero-order valence-corrected chi connectivity index (χ0v) is 11.9. The SMILES string of the molecule is C=CCN(CC(C)O)c1c([N+](=O)[O-])cc(C)cc1[N+](=O)[O-]. The highest BCUT2D eigenvalue weighted by molar-refractivity contribution is 5.76. The van der Waals surface area contributed by atoms with Gasteiger partial charge in [-0.3, -0.25) is 20.2 Å². The maximum absolute atomic E-state index is 11.2. The van der Waals surface area contributed by atoms with E-state index >= 15 is 0 Å². The number of hydrogen-bond acceptors (Lipinski definition) is 6. The molecule has 0 spiro atoms.